The molecule has 2 aromatic rings. The molecule has 1 atom stereocenters. The number of benzene rings is 2. The van der Waals surface area contributed by atoms with E-state index in [-0.39, 0.29) is 17.3 Å². The van der Waals surface area contributed by atoms with Crippen molar-refractivity contribution in [2.45, 2.75) is 106 Å². The minimum absolute atomic E-state index is 0.116. The van der Waals surface area contributed by atoms with Gasteiger partial charge < -0.3 is 10.2 Å². The van der Waals surface area contributed by atoms with Crippen LogP contribution in [0.3, 0.4) is 0 Å². The van der Waals surface area contributed by atoms with Crippen molar-refractivity contribution in [3.63, 3.8) is 0 Å². The molecular formula is C28H44O2. The molecule has 30 heavy (non-hydrogen) atoms. The number of unbranched alkanes of at least 4 members (excludes halogenated alkanes) is 1. The zero-order valence-corrected chi connectivity index (χ0v) is 21.0. The summed E-state index contributed by atoms with van der Waals surface area (Å²) in [6.07, 6.45) is 3.36. The summed E-state index contributed by atoms with van der Waals surface area (Å²) in [6, 6.07) is 8.27. The number of phenols is 2. The van der Waals surface area contributed by atoms with Crippen molar-refractivity contribution in [3.8, 4) is 11.5 Å². The highest BCUT2D eigenvalue weighted by Gasteiger charge is 2.25. The van der Waals surface area contributed by atoms with E-state index in [1.165, 1.54) is 11.1 Å². The van der Waals surface area contributed by atoms with Gasteiger partial charge in [0.05, 0.1) is 0 Å². The van der Waals surface area contributed by atoms with Gasteiger partial charge in [0.25, 0.3) is 0 Å². The monoisotopic (exact) mass is 412 g/mol. The second kappa shape index (κ2) is 10.9. The number of hydrogen-bond donors (Lipinski definition) is 2. The Labute approximate surface area is 185 Å². The van der Waals surface area contributed by atoms with E-state index in [9.17, 15) is 10.2 Å². The summed E-state index contributed by atoms with van der Waals surface area (Å²) < 4.78 is 0. The van der Waals surface area contributed by atoms with E-state index >= 15 is 0 Å². The van der Waals surface area contributed by atoms with Crippen molar-refractivity contribution in [1.29, 1.82) is 0 Å². The Kier molecular flexibility index (Phi) is 9.46. The highest BCUT2D eigenvalue weighted by molar-refractivity contribution is 5.52. The van der Waals surface area contributed by atoms with Crippen LogP contribution < -0.4 is 0 Å². The second-order valence-electron chi connectivity index (χ2n) is 9.59. The van der Waals surface area contributed by atoms with E-state index in [4.69, 9.17) is 0 Å². The number of aryl methyl sites for hydroxylation is 2. The van der Waals surface area contributed by atoms with Crippen LogP contribution >= 0.6 is 0 Å². The van der Waals surface area contributed by atoms with E-state index in [1.54, 1.807) is 0 Å². The van der Waals surface area contributed by atoms with Crippen LogP contribution in [0.1, 0.15) is 120 Å². The lowest BCUT2D eigenvalue weighted by Gasteiger charge is -2.27. The first kappa shape index (κ1) is 26.1. The third-order valence-electron chi connectivity index (χ3n) is 5.83. The molecule has 0 amide bonds. The summed E-state index contributed by atoms with van der Waals surface area (Å²) in [6.45, 7) is 21.1. The fourth-order valence-electron chi connectivity index (χ4n) is 4.14. The lowest BCUT2D eigenvalue weighted by atomic mass is 9.77. The Morgan fingerprint density at radius 1 is 0.800 bits per heavy atom. The number of phenolic OH excluding ortho intramolecular Hbond substituents is 2. The van der Waals surface area contributed by atoms with Crippen molar-refractivity contribution in [2.75, 3.05) is 0 Å². The summed E-state index contributed by atoms with van der Waals surface area (Å²) in [5.41, 5.74) is 6.74. The van der Waals surface area contributed by atoms with Crippen LogP contribution in [0.4, 0.5) is 0 Å². The largest absolute Gasteiger partial charge is 0.508 e. The maximum atomic E-state index is 10.6. The van der Waals surface area contributed by atoms with Gasteiger partial charge in [-0.2, -0.15) is 0 Å². The van der Waals surface area contributed by atoms with E-state index in [2.05, 4.69) is 67.5 Å². The molecule has 2 nitrogen and oxygen atoms in total. The predicted molar refractivity (Wildman–Crippen MR) is 131 cm³/mol. The van der Waals surface area contributed by atoms with Crippen molar-refractivity contribution >= 4 is 0 Å². The standard InChI is InChI=1S/C26H38O2.C2H6/c1-9-10-11-19(21-14-20(16(2)3)24(27)12-17(21)4)22-15-23(26(6,7)8)25(28)13-18(22)5;1-2/h12-16,19,27-28H,9-11H2,1-8H3;1-2H3. The fourth-order valence-corrected chi connectivity index (χ4v) is 4.14. The van der Waals surface area contributed by atoms with Gasteiger partial charge in [0.2, 0.25) is 0 Å². The summed E-state index contributed by atoms with van der Waals surface area (Å²) in [5.74, 6) is 1.31. The normalized spacial score (nSPS) is 12.5. The molecule has 0 spiro atoms. The Balaban J connectivity index is 0.00000218. The molecular weight excluding hydrogens is 368 g/mol. The molecule has 2 aromatic carbocycles. The molecule has 0 aliphatic heterocycles. The molecule has 0 aromatic heterocycles. The molecule has 0 saturated carbocycles. The van der Waals surface area contributed by atoms with Crippen LogP contribution in [0.2, 0.25) is 0 Å². The SMILES string of the molecule is CC.CCCCC(c1cc(C(C)C)c(O)cc1C)c1cc(C(C)(C)C)c(O)cc1C. The lowest BCUT2D eigenvalue weighted by Crippen LogP contribution is -2.14. The maximum absolute atomic E-state index is 10.6. The van der Waals surface area contributed by atoms with Crippen molar-refractivity contribution in [2.24, 2.45) is 0 Å². The average molecular weight is 413 g/mol. The first-order chi connectivity index (χ1) is 14.0. The smallest absolute Gasteiger partial charge is 0.119 e. The van der Waals surface area contributed by atoms with Crippen molar-refractivity contribution in [1.82, 2.24) is 0 Å². The van der Waals surface area contributed by atoms with Gasteiger partial charge in [-0.1, -0.05) is 80.4 Å². The first-order valence-electron chi connectivity index (χ1n) is 11.6. The Hall–Kier alpha value is -1.96. The second-order valence-corrected chi connectivity index (χ2v) is 9.59. The minimum atomic E-state index is -0.116. The lowest BCUT2D eigenvalue weighted by molar-refractivity contribution is 0.445. The number of hydrogen-bond acceptors (Lipinski definition) is 2. The molecule has 0 fully saturated rings. The van der Waals surface area contributed by atoms with Gasteiger partial charge in [-0.3, -0.25) is 0 Å². The molecule has 0 aliphatic carbocycles. The van der Waals surface area contributed by atoms with Gasteiger partial charge in [-0.05, 0) is 77.1 Å². The molecule has 2 heteroatoms. The Bertz CT molecular complexity index is 826. The summed E-state index contributed by atoms with van der Waals surface area (Å²) in [7, 11) is 0. The van der Waals surface area contributed by atoms with Gasteiger partial charge >= 0.3 is 0 Å². The van der Waals surface area contributed by atoms with Crippen LogP contribution in [-0.4, -0.2) is 10.2 Å². The molecule has 168 valence electrons. The predicted octanol–water partition coefficient (Wildman–Crippen LogP) is 8.48. The van der Waals surface area contributed by atoms with E-state index in [0.717, 1.165) is 41.5 Å². The molecule has 0 aliphatic rings. The quantitative estimate of drug-likeness (QED) is 0.499. The van der Waals surface area contributed by atoms with Crippen molar-refractivity contribution < 1.29 is 10.2 Å². The Morgan fingerprint density at radius 2 is 1.30 bits per heavy atom. The number of rotatable bonds is 6. The molecule has 0 radical (unpaired) electrons. The first-order valence-corrected chi connectivity index (χ1v) is 11.6. The molecule has 1 unspecified atom stereocenters. The highest BCUT2D eigenvalue weighted by Crippen LogP contribution is 2.41. The van der Waals surface area contributed by atoms with Gasteiger partial charge in [0, 0.05) is 5.92 Å². The molecule has 0 heterocycles. The van der Waals surface area contributed by atoms with Gasteiger partial charge in [-0.25, -0.2) is 0 Å². The van der Waals surface area contributed by atoms with Crippen LogP contribution in [-0.2, 0) is 5.41 Å². The average Bonchev–Trinajstić information content (AvgIpc) is 2.64. The van der Waals surface area contributed by atoms with Crippen LogP contribution in [0.15, 0.2) is 24.3 Å². The summed E-state index contributed by atoms with van der Waals surface area (Å²) >= 11 is 0. The molecule has 0 saturated heterocycles. The van der Waals surface area contributed by atoms with Crippen molar-refractivity contribution in [3.05, 3.63) is 57.6 Å². The van der Waals surface area contributed by atoms with Crippen LogP contribution in [0, 0.1) is 13.8 Å². The molecule has 2 N–H and O–H groups in total. The van der Waals surface area contributed by atoms with Gasteiger partial charge in [-0.15, -0.1) is 0 Å². The van der Waals surface area contributed by atoms with Gasteiger partial charge in [0.1, 0.15) is 11.5 Å². The zero-order valence-electron chi connectivity index (χ0n) is 21.0. The highest BCUT2D eigenvalue weighted by atomic mass is 16.3. The van der Waals surface area contributed by atoms with E-state index in [1.807, 2.05) is 26.0 Å². The summed E-state index contributed by atoms with van der Waals surface area (Å²) in [4.78, 5) is 0. The van der Waals surface area contributed by atoms with Gasteiger partial charge in [0.15, 0.2) is 0 Å². The molecule has 2 rings (SSSR count). The Morgan fingerprint density at radius 3 is 1.77 bits per heavy atom. The fraction of sp³-hybridized carbons (Fsp3) is 0.571. The topological polar surface area (TPSA) is 40.5 Å². The summed E-state index contributed by atoms with van der Waals surface area (Å²) in [5, 5.41) is 21.0. The molecule has 0 bridgehead atoms. The zero-order chi connectivity index (χ0) is 23.2. The number of aromatic hydroxyl groups is 2. The van der Waals surface area contributed by atoms with E-state index < -0.39 is 0 Å². The van der Waals surface area contributed by atoms with E-state index in [0.29, 0.717) is 11.5 Å². The maximum Gasteiger partial charge on any atom is 0.119 e. The third-order valence-corrected chi connectivity index (χ3v) is 5.83. The van der Waals surface area contributed by atoms with Crippen LogP contribution in [0.25, 0.3) is 0 Å². The van der Waals surface area contributed by atoms with Crippen LogP contribution in [0.5, 0.6) is 11.5 Å². The third kappa shape index (κ3) is 6.03. The minimum Gasteiger partial charge on any atom is -0.508 e.